The molecule has 0 heterocycles. The highest BCUT2D eigenvalue weighted by molar-refractivity contribution is 9.10. The van der Waals surface area contributed by atoms with E-state index in [0.29, 0.717) is 5.71 Å². The Bertz CT molecular complexity index is 666. The van der Waals surface area contributed by atoms with Gasteiger partial charge in [0.1, 0.15) is 0 Å². The molecule has 0 atom stereocenters. The van der Waals surface area contributed by atoms with Crippen LogP contribution >= 0.6 is 15.9 Å². The summed E-state index contributed by atoms with van der Waals surface area (Å²) in [7, 11) is 0. The summed E-state index contributed by atoms with van der Waals surface area (Å²) in [6.07, 6.45) is -4.41. The van der Waals surface area contributed by atoms with Gasteiger partial charge in [-0.2, -0.15) is 18.3 Å². The predicted octanol–water partition coefficient (Wildman–Crippen LogP) is 5.30. The van der Waals surface area contributed by atoms with Gasteiger partial charge in [0.05, 0.1) is 17.0 Å². The summed E-state index contributed by atoms with van der Waals surface area (Å²) in [6, 6.07) is 12.6. The third-order valence-corrected chi connectivity index (χ3v) is 3.31. The first-order valence-corrected chi connectivity index (χ1v) is 6.89. The maximum absolute atomic E-state index is 12.9. The monoisotopic (exact) mass is 356 g/mol. The van der Waals surface area contributed by atoms with Crippen LogP contribution in [0.25, 0.3) is 0 Å². The zero-order chi connectivity index (χ0) is 15.5. The molecule has 2 nitrogen and oxygen atoms in total. The Morgan fingerprint density at radius 1 is 1.10 bits per heavy atom. The average Bonchev–Trinajstić information content (AvgIpc) is 2.44. The molecule has 2 rings (SSSR count). The molecule has 110 valence electrons. The normalized spacial score (nSPS) is 12.3. The summed E-state index contributed by atoms with van der Waals surface area (Å²) < 4.78 is 39.4. The second-order valence-electron chi connectivity index (χ2n) is 4.36. The smallest absolute Gasteiger partial charge is 0.278 e. The molecule has 0 radical (unpaired) electrons. The average molecular weight is 357 g/mol. The van der Waals surface area contributed by atoms with Gasteiger partial charge < -0.3 is 0 Å². The highest BCUT2D eigenvalue weighted by Gasteiger charge is 2.33. The molecule has 0 aliphatic rings. The minimum atomic E-state index is -4.41. The first-order valence-electron chi connectivity index (χ1n) is 6.10. The lowest BCUT2D eigenvalue weighted by atomic mass is 10.1. The van der Waals surface area contributed by atoms with Crippen molar-refractivity contribution in [2.24, 2.45) is 5.10 Å². The molecule has 21 heavy (non-hydrogen) atoms. The predicted molar refractivity (Wildman–Crippen MR) is 81.4 cm³/mol. The van der Waals surface area contributed by atoms with Crippen molar-refractivity contribution in [2.75, 3.05) is 5.43 Å². The molecule has 0 aromatic heterocycles. The van der Waals surface area contributed by atoms with Gasteiger partial charge in [-0.25, -0.2) is 0 Å². The van der Waals surface area contributed by atoms with Crippen molar-refractivity contribution in [1.29, 1.82) is 0 Å². The van der Waals surface area contributed by atoms with Crippen LogP contribution in [0.3, 0.4) is 0 Å². The van der Waals surface area contributed by atoms with Gasteiger partial charge in [0.15, 0.2) is 0 Å². The maximum Gasteiger partial charge on any atom is 0.418 e. The Morgan fingerprint density at radius 3 is 2.48 bits per heavy atom. The summed E-state index contributed by atoms with van der Waals surface area (Å²) >= 11 is 3.34. The minimum absolute atomic E-state index is 0.0700. The van der Waals surface area contributed by atoms with Crippen molar-refractivity contribution in [3.63, 3.8) is 0 Å². The van der Waals surface area contributed by atoms with E-state index in [0.717, 1.165) is 16.1 Å². The number of benzene rings is 2. The molecule has 0 saturated heterocycles. The lowest BCUT2D eigenvalue weighted by molar-refractivity contribution is -0.136. The van der Waals surface area contributed by atoms with Crippen LogP contribution in [0, 0.1) is 0 Å². The Morgan fingerprint density at radius 2 is 1.81 bits per heavy atom. The molecule has 2 aromatic rings. The van der Waals surface area contributed by atoms with Crippen molar-refractivity contribution in [1.82, 2.24) is 0 Å². The lowest BCUT2D eigenvalue weighted by Crippen LogP contribution is -2.09. The Kier molecular flexibility index (Phi) is 4.67. The van der Waals surface area contributed by atoms with E-state index in [4.69, 9.17) is 0 Å². The third kappa shape index (κ3) is 4.07. The summed E-state index contributed by atoms with van der Waals surface area (Å²) in [5, 5.41) is 4.03. The summed E-state index contributed by atoms with van der Waals surface area (Å²) in [4.78, 5) is 0. The Balaban J connectivity index is 2.25. The molecule has 6 heteroatoms. The number of hydrogen-bond donors (Lipinski definition) is 1. The van der Waals surface area contributed by atoms with Crippen LogP contribution in [0.1, 0.15) is 18.1 Å². The fourth-order valence-corrected chi connectivity index (χ4v) is 2.15. The fourth-order valence-electron chi connectivity index (χ4n) is 1.75. The van der Waals surface area contributed by atoms with E-state index in [9.17, 15) is 13.2 Å². The van der Waals surface area contributed by atoms with Gasteiger partial charge in [0.2, 0.25) is 0 Å². The van der Waals surface area contributed by atoms with Crippen LogP contribution in [-0.2, 0) is 6.18 Å². The first kappa shape index (κ1) is 15.6. The van der Waals surface area contributed by atoms with Crippen molar-refractivity contribution in [2.45, 2.75) is 13.1 Å². The summed E-state index contributed by atoms with van der Waals surface area (Å²) in [6.45, 7) is 1.73. The highest BCUT2D eigenvalue weighted by Crippen LogP contribution is 2.34. The highest BCUT2D eigenvalue weighted by atomic mass is 79.9. The number of halogens is 4. The van der Waals surface area contributed by atoms with E-state index in [2.05, 4.69) is 26.5 Å². The molecule has 2 aromatic carbocycles. The number of nitrogens with zero attached hydrogens (tertiary/aromatic N) is 1. The van der Waals surface area contributed by atoms with E-state index in [1.807, 2.05) is 24.3 Å². The molecule has 0 bridgehead atoms. The molecule has 0 saturated carbocycles. The molecule has 0 aliphatic heterocycles. The van der Waals surface area contributed by atoms with Crippen LogP contribution < -0.4 is 5.43 Å². The number of hydrazone groups is 1. The molecule has 0 fully saturated rings. The largest absolute Gasteiger partial charge is 0.418 e. The maximum atomic E-state index is 12.9. The molecule has 0 aliphatic carbocycles. The van der Waals surface area contributed by atoms with Crippen LogP contribution in [0.2, 0.25) is 0 Å². The van der Waals surface area contributed by atoms with Crippen LogP contribution in [-0.4, -0.2) is 5.71 Å². The second kappa shape index (κ2) is 6.30. The van der Waals surface area contributed by atoms with Gasteiger partial charge in [-0.1, -0.05) is 40.2 Å². The first-order chi connectivity index (χ1) is 9.88. The number of alkyl halides is 3. The van der Waals surface area contributed by atoms with Gasteiger partial charge in [0.25, 0.3) is 0 Å². The van der Waals surface area contributed by atoms with Crippen LogP contribution in [0.15, 0.2) is 58.1 Å². The zero-order valence-corrected chi connectivity index (χ0v) is 12.7. The number of rotatable bonds is 3. The second-order valence-corrected chi connectivity index (χ2v) is 5.28. The third-order valence-electron chi connectivity index (χ3n) is 2.82. The molecular formula is C15H12BrF3N2. The van der Waals surface area contributed by atoms with Crippen molar-refractivity contribution in [3.8, 4) is 0 Å². The van der Waals surface area contributed by atoms with Crippen molar-refractivity contribution >= 4 is 27.3 Å². The van der Waals surface area contributed by atoms with Crippen molar-refractivity contribution in [3.05, 3.63) is 64.1 Å². The van der Waals surface area contributed by atoms with Gasteiger partial charge in [-0.05, 0) is 36.8 Å². The van der Waals surface area contributed by atoms with Gasteiger partial charge in [-0.3, -0.25) is 5.43 Å². The molecule has 1 N–H and O–H groups in total. The van der Waals surface area contributed by atoms with E-state index >= 15 is 0 Å². The zero-order valence-electron chi connectivity index (χ0n) is 11.1. The van der Waals surface area contributed by atoms with E-state index < -0.39 is 11.7 Å². The quantitative estimate of drug-likeness (QED) is 0.585. The van der Waals surface area contributed by atoms with Gasteiger partial charge >= 0.3 is 6.18 Å². The Labute approximate surface area is 128 Å². The van der Waals surface area contributed by atoms with Crippen LogP contribution in [0.4, 0.5) is 18.9 Å². The number of anilines is 1. The minimum Gasteiger partial charge on any atom is -0.278 e. The number of nitrogens with one attached hydrogen (secondary N) is 1. The molecule has 0 amide bonds. The van der Waals surface area contributed by atoms with Gasteiger partial charge in [0, 0.05) is 4.47 Å². The van der Waals surface area contributed by atoms with E-state index in [1.165, 1.54) is 18.2 Å². The standard InChI is InChI=1S/C15H12BrF3N2/c1-10(11-5-4-6-12(16)9-11)20-21-14-8-3-2-7-13(14)15(17,18)19/h2-9,21H,1H3. The van der Waals surface area contributed by atoms with Crippen molar-refractivity contribution < 1.29 is 13.2 Å². The van der Waals surface area contributed by atoms with E-state index in [-0.39, 0.29) is 5.69 Å². The lowest BCUT2D eigenvalue weighted by Gasteiger charge is -2.12. The SMILES string of the molecule is CC(=NNc1ccccc1C(F)(F)F)c1cccc(Br)c1. The Hall–Kier alpha value is -1.82. The van der Waals surface area contributed by atoms with E-state index in [1.54, 1.807) is 6.92 Å². The summed E-state index contributed by atoms with van der Waals surface area (Å²) in [5.41, 5.74) is 3.09. The molecule has 0 unspecified atom stereocenters. The van der Waals surface area contributed by atoms with Crippen LogP contribution in [0.5, 0.6) is 0 Å². The topological polar surface area (TPSA) is 24.4 Å². The summed E-state index contributed by atoms with van der Waals surface area (Å²) in [5.74, 6) is 0. The molecule has 0 spiro atoms. The number of hydrogen-bond acceptors (Lipinski definition) is 2. The fraction of sp³-hybridized carbons (Fsp3) is 0.133. The molecular weight excluding hydrogens is 345 g/mol. The van der Waals surface area contributed by atoms with Gasteiger partial charge in [-0.15, -0.1) is 0 Å². The number of para-hydroxylation sites is 1.